The average Bonchev–Trinajstić information content (AvgIpc) is 2.65. The fourth-order valence-corrected chi connectivity index (χ4v) is 1.90. The van der Waals surface area contributed by atoms with Crippen molar-refractivity contribution in [1.29, 1.82) is 0 Å². The molecule has 0 saturated heterocycles. The lowest BCUT2D eigenvalue weighted by Gasteiger charge is -1.97. The Morgan fingerprint density at radius 1 is 1.40 bits per heavy atom. The SMILES string of the molecule is O=C(O)c1nsnc1-c1cccc(Cl)c1. The molecule has 1 N–H and O–H groups in total. The van der Waals surface area contributed by atoms with Crippen LogP contribution in [0.5, 0.6) is 0 Å². The third-order valence-corrected chi connectivity index (χ3v) is 2.55. The zero-order chi connectivity index (χ0) is 10.8. The minimum atomic E-state index is -1.08. The van der Waals surface area contributed by atoms with Crippen molar-refractivity contribution in [2.45, 2.75) is 0 Å². The Labute approximate surface area is 94.5 Å². The predicted molar refractivity (Wildman–Crippen MR) is 57.3 cm³/mol. The number of benzene rings is 1. The molecule has 0 radical (unpaired) electrons. The van der Waals surface area contributed by atoms with Crippen LogP contribution >= 0.6 is 23.3 Å². The van der Waals surface area contributed by atoms with Crippen molar-refractivity contribution in [1.82, 2.24) is 8.75 Å². The molecular weight excluding hydrogens is 236 g/mol. The maximum absolute atomic E-state index is 10.8. The summed E-state index contributed by atoms with van der Waals surface area (Å²) in [7, 11) is 0. The number of halogens is 1. The first-order valence-corrected chi connectivity index (χ1v) is 5.11. The topological polar surface area (TPSA) is 63.1 Å². The molecule has 4 nitrogen and oxygen atoms in total. The molecule has 0 fully saturated rings. The Hall–Kier alpha value is -1.46. The highest BCUT2D eigenvalue weighted by atomic mass is 35.5. The largest absolute Gasteiger partial charge is 0.476 e. The van der Waals surface area contributed by atoms with Gasteiger partial charge in [0.05, 0.1) is 11.7 Å². The van der Waals surface area contributed by atoms with Gasteiger partial charge in [0.15, 0.2) is 5.69 Å². The summed E-state index contributed by atoms with van der Waals surface area (Å²) in [5.41, 5.74) is 0.978. The summed E-state index contributed by atoms with van der Waals surface area (Å²) in [5, 5.41) is 9.40. The minimum Gasteiger partial charge on any atom is -0.476 e. The van der Waals surface area contributed by atoms with Gasteiger partial charge in [0.25, 0.3) is 0 Å². The van der Waals surface area contributed by atoms with Crippen molar-refractivity contribution in [2.75, 3.05) is 0 Å². The van der Waals surface area contributed by atoms with Gasteiger partial charge in [0.1, 0.15) is 5.69 Å². The molecular formula is C9H5ClN2O2S. The summed E-state index contributed by atoms with van der Waals surface area (Å²) in [6.07, 6.45) is 0. The van der Waals surface area contributed by atoms with Gasteiger partial charge in [-0.25, -0.2) is 4.79 Å². The van der Waals surface area contributed by atoms with Crippen LogP contribution in [0.4, 0.5) is 0 Å². The second kappa shape index (κ2) is 3.96. The van der Waals surface area contributed by atoms with Crippen LogP contribution in [0.25, 0.3) is 11.3 Å². The van der Waals surface area contributed by atoms with Crippen molar-refractivity contribution in [3.05, 3.63) is 35.0 Å². The van der Waals surface area contributed by atoms with E-state index in [1.165, 1.54) is 0 Å². The number of carboxylic acid groups (broad SMARTS) is 1. The van der Waals surface area contributed by atoms with E-state index in [0.29, 0.717) is 16.3 Å². The number of aromatic carboxylic acids is 1. The highest BCUT2D eigenvalue weighted by molar-refractivity contribution is 6.99. The molecule has 15 heavy (non-hydrogen) atoms. The van der Waals surface area contributed by atoms with E-state index in [0.717, 1.165) is 11.7 Å². The summed E-state index contributed by atoms with van der Waals surface area (Å²) in [5.74, 6) is -1.08. The van der Waals surface area contributed by atoms with E-state index in [2.05, 4.69) is 8.75 Å². The van der Waals surface area contributed by atoms with Crippen LogP contribution in [0, 0.1) is 0 Å². The summed E-state index contributed by atoms with van der Waals surface area (Å²) in [6, 6.07) is 6.85. The molecule has 0 aliphatic carbocycles. The Balaban J connectivity index is 2.54. The Morgan fingerprint density at radius 2 is 2.20 bits per heavy atom. The molecule has 0 unspecified atom stereocenters. The molecule has 0 amide bonds. The molecule has 0 spiro atoms. The zero-order valence-corrected chi connectivity index (χ0v) is 8.92. The van der Waals surface area contributed by atoms with Crippen LogP contribution in [-0.4, -0.2) is 19.8 Å². The van der Waals surface area contributed by atoms with E-state index in [1.54, 1.807) is 24.3 Å². The van der Waals surface area contributed by atoms with Gasteiger partial charge in [-0.05, 0) is 12.1 Å². The Morgan fingerprint density at radius 3 is 2.87 bits per heavy atom. The molecule has 76 valence electrons. The van der Waals surface area contributed by atoms with Gasteiger partial charge >= 0.3 is 5.97 Å². The number of hydrogen-bond acceptors (Lipinski definition) is 4. The van der Waals surface area contributed by atoms with Gasteiger partial charge < -0.3 is 5.11 Å². The first kappa shape index (κ1) is 10.1. The number of hydrogen-bond donors (Lipinski definition) is 1. The lowest BCUT2D eigenvalue weighted by atomic mass is 10.1. The molecule has 1 aromatic carbocycles. The van der Waals surface area contributed by atoms with Gasteiger partial charge in [-0.3, -0.25) is 0 Å². The minimum absolute atomic E-state index is 0.0396. The first-order chi connectivity index (χ1) is 7.18. The molecule has 2 aromatic rings. The van der Waals surface area contributed by atoms with Crippen LogP contribution in [0.15, 0.2) is 24.3 Å². The molecule has 1 heterocycles. The van der Waals surface area contributed by atoms with Crippen molar-refractivity contribution < 1.29 is 9.90 Å². The monoisotopic (exact) mass is 240 g/mol. The number of aromatic nitrogens is 2. The number of nitrogens with zero attached hydrogens (tertiary/aromatic N) is 2. The Kier molecular flexibility index (Phi) is 2.66. The third-order valence-electron chi connectivity index (χ3n) is 1.79. The molecule has 0 atom stereocenters. The lowest BCUT2D eigenvalue weighted by molar-refractivity contribution is 0.0692. The highest BCUT2D eigenvalue weighted by Crippen LogP contribution is 2.24. The smallest absolute Gasteiger partial charge is 0.357 e. The predicted octanol–water partition coefficient (Wildman–Crippen LogP) is 2.56. The second-order valence-corrected chi connectivity index (χ2v) is 3.74. The molecule has 0 saturated carbocycles. The van der Waals surface area contributed by atoms with Crippen LogP contribution < -0.4 is 0 Å². The quantitative estimate of drug-likeness (QED) is 0.876. The number of carboxylic acids is 1. The zero-order valence-electron chi connectivity index (χ0n) is 7.35. The fraction of sp³-hybridized carbons (Fsp3) is 0. The highest BCUT2D eigenvalue weighted by Gasteiger charge is 2.16. The molecule has 6 heteroatoms. The summed E-state index contributed by atoms with van der Waals surface area (Å²) >= 11 is 6.67. The van der Waals surface area contributed by atoms with Crippen molar-refractivity contribution >= 4 is 29.3 Å². The van der Waals surface area contributed by atoms with Crippen molar-refractivity contribution in [3.8, 4) is 11.3 Å². The normalized spacial score (nSPS) is 10.2. The van der Waals surface area contributed by atoms with E-state index in [9.17, 15) is 4.79 Å². The van der Waals surface area contributed by atoms with Gasteiger partial charge in [-0.2, -0.15) is 8.75 Å². The van der Waals surface area contributed by atoms with E-state index in [-0.39, 0.29) is 5.69 Å². The van der Waals surface area contributed by atoms with Gasteiger partial charge in [0, 0.05) is 10.6 Å². The molecule has 2 rings (SSSR count). The average molecular weight is 241 g/mol. The second-order valence-electron chi connectivity index (χ2n) is 2.78. The van der Waals surface area contributed by atoms with Crippen molar-refractivity contribution in [2.24, 2.45) is 0 Å². The van der Waals surface area contributed by atoms with E-state index >= 15 is 0 Å². The fourth-order valence-electron chi connectivity index (χ4n) is 1.15. The molecule has 0 aliphatic heterocycles. The molecule has 0 aliphatic rings. The van der Waals surface area contributed by atoms with E-state index < -0.39 is 5.97 Å². The first-order valence-electron chi connectivity index (χ1n) is 4.00. The standard InChI is InChI=1S/C9H5ClN2O2S/c10-6-3-1-2-5(4-6)7-8(9(13)14)12-15-11-7/h1-4H,(H,13,14). The van der Waals surface area contributed by atoms with E-state index in [4.69, 9.17) is 16.7 Å². The lowest BCUT2D eigenvalue weighted by Crippen LogP contribution is -1.98. The third kappa shape index (κ3) is 1.98. The summed E-state index contributed by atoms with van der Waals surface area (Å²) < 4.78 is 7.65. The van der Waals surface area contributed by atoms with Crippen molar-refractivity contribution in [3.63, 3.8) is 0 Å². The van der Waals surface area contributed by atoms with Crippen LogP contribution in [0.1, 0.15) is 10.5 Å². The van der Waals surface area contributed by atoms with Crippen LogP contribution in [0.3, 0.4) is 0 Å². The number of rotatable bonds is 2. The molecule has 0 bridgehead atoms. The van der Waals surface area contributed by atoms with Gasteiger partial charge in [-0.1, -0.05) is 23.7 Å². The maximum atomic E-state index is 10.8. The van der Waals surface area contributed by atoms with Crippen LogP contribution in [-0.2, 0) is 0 Å². The summed E-state index contributed by atoms with van der Waals surface area (Å²) in [4.78, 5) is 10.8. The van der Waals surface area contributed by atoms with Crippen LogP contribution in [0.2, 0.25) is 5.02 Å². The Bertz CT molecular complexity index is 512. The van der Waals surface area contributed by atoms with E-state index in [1.807, 2.05) is 0 Å². The maximum Gasteiger partial charge on any atom is 0.357 e. The number of carbonyl (C=O) groups is 1. The molecule has 1 aromatic heterocycles. The summed E-state index contributed by atoms with van der Waals surface area (Å²) in [6.45, 7) is 0. The van der Waals surface area contributed by atoms with Gasteiger partial charge in [0.2, 0.25) is 0 Å². The van der Waals surface area contributed by atoms with Gasteiger partial charge in [-0.15, -0.1) is 0 Å².